The molecule has 140 valence electrons. The van der Waals surface area contributed by atoms with Gasteiger partial charge in [-0.1, -0.05) is 6.07 Å². The Morgan fingerprint density at radius 3 is 2.89 bits per heavy atom. The molecule has 0 radical (unpaired) electrons. The lowest BCUT2D eigenvalue weighted by Crippen LogP contribution is -2.37. The highest BCUT2D eigenvalue weighted by molar-refractivity contribution is 14.0. The summed E-state index contributed by atoms with van der Waals surface area (Å²) in [5, 5.41) is 23.5. The lowest BCUT2D eigenvalue weighted by molar-refractivity contribution is 0.610. The van der Waals surface area contributed by atoms with Gasteiger partial charge >= 0.3 is 0 Å². The third-order valence-corrected chi connectivity index (χ3v) is 3.72. The van der Waals surface area contributed by atoms with Crippen LogP contribution in [-0.4, -0.2) is 27.1 Å². The molecule has 2 heterocycles. The molecule has 0 bridgehead atoms. The minimum absolute atomic E-state index is 0. The van der Waals surface area contributed by atoms with Gasteiger partial charge in [0.1, 0.15) is 5.82 Å². The number of rotatable bonds is 5. The fourth-order valence-electron chi connectivity index (χ4n) is 2.45. The number of aliphatic imine (C=N–C) groups is 1. The highest BCUT2D eigenvalue weighted by Gasteiger charge is 2.07. The Morgan fingerprint density at radius 2 is 2.11 bits per heavy atom. The number of halogens is 2. The number of hydrogen-bond acceptors (Lipinski definition) is 4. The van der Waals surface area contributed by atoms with Gasteiger partial charge in [-0.3, -0.25) is 4.40 Å². The molecule has 0 atom stereocenters. The highest BCUT2D eigenvalue weighted by Crippen LogP contribution is 2.11. The number of hydrogen-bond donors (Lipinski definition) is 2. The molecule has 7 nitrogen and oxygen atoms in total. The van der Waals surface area contributed by atoms with Crippen molar-refractivity contribution in [2.24, 2.45) is 4.99 Å². The van der Waals surface area contributed by atoms with Crippen LogP contribution in [0.2, 0.25) is 0 Å². The molecule has 0 aliphatic carbocycles. The van der Waals surface area contributed by atoms with Crippen LogP contribution >= 0.6 is 24.0 Å². The first-order valence-corrected chi connectivity index (χ1v) is 8.20. The second-order valence-electron chi connectivity index (χ2n) is 5.51. The number of aromatic nitrogens is 3. The van der Waals surface area contributed by atoms with Gasteiger partial charge in [0.05, 0.1) is 24.7 Å². The van der Waals surface area contributed by atoms with Crippen molar-refractivity contribution in [2.75, 3.05) is 6.54 Å². The molecule has 3 rings (SSSR count). The summed E-state index contributed by atoms with van der Waals surface area (Å²) in [4.78, 5) is 4.39. The van der Waals surface area contributed by atoms with Gasteiger partial charge in [0.25, 0.3) is 0 Å². The van der Waals surface area contributed by atoms with E-state index < -0.39 is 0 Å². The second kappa shape index (κ2) is 9.82. The predicted octanol–water partition coefficient (Wildman–Crippen LogP) is 2.61. The zero-order valence-electron chi connectivity index (χ0n) is 14.7. The summed E-state index contributed by atoms with van der Waals surface area (Å²) in [5.74, 6) is 0.887. The van der Waals surface area contributed by atoms with Crippen LogP contribution in [0.5, 0.6) is 0 Å². The summed E-state index contributed by atoms with van der Waals surface area (Å²) < 4.78 is 15.8. The summed E-state index contributed by atoms with van der Waals surface area (Å²) >= 11 is 0. The minimum Gasteiger partial charge on any atom is -0.357 e. The van der Waals surface area contributed by atoms with E-state index in [9.17, 15) is 4.39 Å². The Kier molecular flexibility index (Phi) is 7.48. The van der Waals surface area contributed by atoms with Crippen molar-refractivity contribution < 1.29 is 4.39 Å². The van der Waals surface area contributed by atoms with Crippen LogP contribution in [0.3, 0.4) is 0 Å². The van der Waals surface area contributed by atoms with Crippen LogP contribution in [0.1, 0.15) is 23.9 Å². The van der Waals surface area contributed by atoms with Gasteiger partial charge in [-0.25, -0.2) is 9.38 Å². The number of nitriles is 1. The average molecular weight is 479 g/mol. The Balaban J connectivity index is 0.00000261. The molecule has 1 aromatic carbocycles. The van der Waals surface area contributed by atoms with Crippen LogP contribution < -0.4 is 10.6 Å². The smallest absolute Gasteiger partial charge is 0.191 e. The summed E-state index contributed by atoms with van der Waals surface area (Å²) in [6, 6.07) is 11.9. The molecule has 0 fully saturated rings. The Labute approximate surface area is 173 Å². The van der Waals surface area contributed by atoms with E-state index in [4.69, 9.17) is 5.26 Å². The summed E-state index contributed by atoms with van der Waals surface area (Å²) in [5.41, 5.74) is 1.54. The lowest BCUT2D eigenvalue weighted by Gasteiger charge is -2.11. The molecule has 2 aromatic heterocycles. The van der Waals surface area contributed by atoms with Gasteiger partial charge in [0.2, 0.25) is 0 Å². The number of benzene rings is 1. The molecule has 3 aromatic rings. The minimum atomic E-state index is -0.382. The summed E-state index contributed by atoms with van der Waals surface area (Å²) in [6.07, 6.45) is 1.89. The fourth-order valence-corrected chi connectivity index (χ4v) is 2.45. The number of nitrogens with zero attached hydrogens (tertiary/aromatic N) is 5. The lowest BCUT2D eigenvalue weighted by atomic mass is 10.1. The van der Waals surface area contributed by atoms with Gasteiger partial charge in [-0.05, 0) is 37.3 Å². The molecule has 0 saturated carbocycles. The van der Waals surface area contributed by atoms with Crippen LogP contribution in [-0.2, 0) is 13.1 Å². The van der Waals surface area contributed by atoms with Crippen LogP contribution in [0.15, 0.2) is 47.6 Å². The third-order valence-electron chi connectivity index (χ3n) is 3.72. The number of guanidine groups is 1. The molecule has 0 aliphatic heterocycles. The van der Waals surface area contributed by atoms with Crippen molar-refractivity contribution >= 4 is 35.6 Å². The Morgan fingerprint density at radius 1 is 1.26 bits per heavy atom. The molecule has 0 amide bonds. The van der Waals surface area contributed by atoms with Gasteiger partial charge < -0.3 is 10.6 Å². The van der Waals surface area contributed by atoms with E-state index >= 15 is 0 Å². The predicted molar refractivity (Wildman–Crippen MR) is 111 cm³/mol. The fraction of sp³-hybridized carbons (Fsp3) is 0.222. The van der Waals surface area contributed by atoms with Crippen molar-refractivity contribution in [2.45, 2.75) is 20.0 Å². The van der Waals surface area contributed by atoms with Crippen LogP contribution in [0.4, 0.5) is 4.39 Å². The van der Waals surface area contributed by atoms with Crippen molar-refractivity contribution in [1.82, 2.24) is 25.2 Å². The molecule has 0 aliphatic rings. The topological polar surface area (TPSA) is 90.4 Å². The first kappa shape index (κ1) is 20.6. The largest absolute Gasteiger partial charge is 0.357 e. The van der Waals surface area contributed by atoms with Gasteiger partial charge in [-0.15, -0.1) is 34.2 Å². The van der Waals surface area contributed by atoms with E-state index in [0.29, 0.717) is 30.2 Å². The maximum atomic E-state index is 13.9. The van der Waals surface area contributed by atoms with Crippen molar-refractivity contribution in [1.29, 1.82) is 5.26 Å². The van der Waals surface area contributed by atoms with Crippen LogP contribution in [0, 0.1) is 17.1 Å². The zero-order chi connectivity index (χ0) is 18.4. The second-order valence-corrected chi connectivity index (χ2v) is 5.51. The summed E-state index contributed by atoms with van der Waals surface area (Å²) in [6.45, 7) is 3.14. The van der Waals surface area contributed by atoms with Crippen molar-refractivity contribution in [3.05, 3.63) is 65.4 Å². The van der Waals surface area contributed by atoms with Gasteiger partial charge in [-0.2, -0.15) is 5.26 Å². The quantitative estimate of drug-likeness (QED) is 0.334. The van der Waals surface area contributed by atoms with Gasteiger partial charge in [0, 0.05) is 18.3 Å². The molecule has 0 spiro atoms. The zero-order valence-corrected chi connectivity index (χ0v) is 17.0. The van der Waals surface area contributed by atoms with E-state index in [1.807, 2.05) is 41.8 Å². The molecule has 27 heavy (non-hydrogen) atoms. The number of nitrogens with one attached hydrogen (secondary N) is 2. The van der Waals surface area contributed by atoms with E-state index in [2.05, 4.69) is 25.8 Å². The summed E-state index contributed by atoms with van der Waals surface area (Å²) in [7, 11) is 0. The average Bonchev–Trinajstić information content (AvgIpc) is 3.08. The van der Waals surface area contributed by atoms with Crippen LogP contribution in [0.25, 0.3) is 5.65 Å². The molecule has 9 heteroatoms. The molecular weight excluding hydrogens is 460 g/mol. The standard InChI is InChI=1S/C18H18FN7.HI/c1-2-21-18(22-11-14-9-13(10-20)6-7-15(14)19)23-12-17-25-24-16-5-3-4-8-26(16)17;/h3-9H,2,11-12H2,1H3,(H2,21,22,23);1H. The van der Waals surface area contributed by atoms with Crippen molar-refractivity contribution in [3.63, 3.8) is 0 Å². The maximum Gasteiger partial charge on any atom is 0.191 e. The van der Waals surface area contributed by atoms with Gasteiger partial charge in [0.15, 0.2) is 17.4 Å². The van der Waals surface area contributed by atoms with Crippen molar-refractivity contribution in [3.8, 4) is 6.07 Å². The first-order chi connectivity index (χ1) is 12.7. The van der Waals surface area contributed by atoms with E-state index in [-0.39, 0.29) is 36.3 Å². The maximum absolute atomic E-state index is 13.9. The van der Waals surface area contributed by atoms with E-state index in [1.54, 1.807) is 0 Å². The van der Waals surface area contributed by atoms with E-state index in [0.717, 1.165) is 11.5 Å². The third kappa shape index (κ3) is 5.13. The number of pyridine rings is 1. The molecule has 2 N–H and O–H groups in total. The Hall–Kier alpha value is -2.74. The molecule has 0 saturated heterocycles. The molecular formula is C18H19FIN7. The number of fused-ring (bicyclic) bond motifs is 1. The SMILES string of the molecule is CCNC(=NCc1cc(C#N)ccc1F)NCc1nnc2ccccn12.I. The normalized spacial score (nSPS) is 10.9. The Bertz CT molecular complexity index is 977. The van der Waals surface area contributed by atoms with E-state index in [1.165, 1.54) is 18.2 Å². The highest BCUT2D eigenvalue weighted by atomic mass is 127. The molecule has 0 unspecified atom stereocenters. The monoisotopic (exact) mass is 479 g/mol. The first-order valence-electron chi connectivity index (χ1n) is 8.20.